The Bertz CT molecular complexity index is 221. The lowest BCUT2D eigenvalue weighted by molar-refractivity contribution is 0.591. The van der Waals surface area contributed by atoms with Gasteiger partial charge in [0.25, 0.3) is 0 Å². The van der Waals surface area contributed by atoms with Crippen LogP contribution in [0.25, 0.3) is 0 Å². The highest BCUT2D eigenvalue weighted by Gasteiger charge is 2.40. The van der Waals surface area contributed by atoms with E-state index in [2.05, 4.69) is 62.3 Å². The molecule has 0 heterocycles. The molecule has 0 aliphatic rings. The predicted octanol–water partition coefficient (Wildman–Crippen LogP) is 5.09. The van der Waals surface area contributed by atoms with Crippen LogP contribution in [0.3, 0.4) is 0 Å². The first-order valence-electron chi connectivity index (χ1n) is 5.67. The van der Waals surface area contributed by atoms with Crippen molar-refractivity contribution in [3.8, 4) is 0 Å². The van der Waals surface area contributed by atoms with Crippen molar-refractivity contribution in [3.05, 3.63) is 0 Å². The van der Waals surface area contributed by atoms with E-state index < -0.39 is 7.92 Å². The van der Waals surface area contributed by atoms with E-state index in [1.807, 2.05) is 0 Å². The molecule has 0 aromatic rings. The van der Waals surface area contributed by atoms with Gasteiger partial charge >= 0.3 is 0 Å². The Balaban J connectivity index is 5.26. The highest BCUT2D eigenvalue weighted by Crippen LogP contribution is 2.62. The zero-order chi connectivity index (χ0) is 12.7. The summed E-state index contributed by atoms with van der Waals surface area (Å²) in [6, 6.07) is 0. The maximum atomic E-state index is 8.44. The summed E-state index contributed by atoms with van der Waals surface area (Å²) in [7, 11) is -0.409. The summed E-state index contributed by atoms with van der Waals surface area (Å²) in [4.78, 5) is 0. The van der Waals surface area contributed by atoms with Gasteiger partial charge in [0.2, 0.25) is 0 Å². The lowest BCUT2D eigenvalue weighted by atomic mass is 9.99. The van der Waals surface area contributed by atoms with Crippen molar-refractivity contribution < 1.29 is 0 Å². The Hall–Kier alpha value is 0.100. The third-order valence-corrected chi connectivity index (χ3v) is 6.08. The van der Waals surface area contributed by atoms with Gasteiger partial charge in [-0.2, -0.15) is 0 Å². The Morgan fingerprint density at radius 2 is 1.00 bits per heavy atom. The maximum absolute atomic E-state index is 8.44. The molecule has 1 N–H and O–H groups in total. The summed E-state index contributed by atoms with van der Waals surface area (Å²) in [5, 5.41) is 8.88. The second kappa shape index (κ2) is 4.17. The summed E-state index contributed by atoms with van der Waals surface area (Å²) in [6.45, 7) is 20.1. The van der Waals surface area contributed by atoms with Crippen LogP contribution >= 0.6 is 7.92 Å². The predicted molar refractivity (Wildman–Crippen MR) is 73.6 cm³/mol. The van der Waals surface area contributed by atoms with Crippen molar-refractivity contribution in [2.45, 2.75) is 72.6 Å². The van der Waals surface area contributed by atoms with E-state index in [0.29, 0.717) is 0 Å². The highest BCUT2D eigenvalue weighted by molar-refractivity contribution is 7.77. The first-order valence-corrected chi connectivity index (χ1v) is 7.01. The minimum Gasteiger partial charge on any atom is -0.304 e. The fraction of sp³-hybridized carbons (Fsp3) is 0.923. The van der Waals surface area contributed by atoms with Crippen LogP contribution in [0, 0.1) is 10.8 Å². The summed E-state index contributed by atoms with van der Waals surface area (Å²) < 4.78 is 0. The van der Waals surface area contributed by atoms with Gasteiger partial charge in [0.1, 0.15) is 0 Å². The molecule has 15 heavy (non-hydrogen) atoms. The highest BCUT2D eigenvalue weighted by atomic mass is 31.1. The molecule has 0 atom stereocenters. The van der Waals surface area contributed by atoms with E-state index in [-0.39, 0.29) is 15.7 Å². The molecule has 2 heteroatoms. The summed E-state index contributed by atoms with van der Waals surface area (Å²) in [6.07, 6.45) is 0. The maximum Gasteiger partial charge on any atom is 0.0382 e. The fourth-order valence-corrected chi connectivity index (χ4v) is 6.04. The van der Waals surface area contributed by atoms with E-state index >= 15 is 0 Å². The van der Waals surface area contributed by atoms with Crippen LogP contribution in [-0.4, -0.2) is 15.8 Å². The summed E-state index contributed by atoms with van der Waals surface area (Å²) in [5.41, 5.74) is 0.948. The van der Waals surface area contributed by atoms with Crippen molar-refractivity contribution in [2.24, 2.45) is 5.41 Å². The van der Waals surface area contributed by atoms with Crippen LogP contribution in [0.1, 0.15) is 62.3 Å². The van der Waals surface area contributed by atoms with Crippen LogP contribution in [0.15, 0.2) is 0 Å². The zero-order valence-corrected chi connectivity index (χ0v) is 12.8. The Morgan fingerprint density at radius 1 is 0.733 bits per heavy atom. The zero-order valence-electron chi connectivity index (χ0n) is 11.9. The SMILES string of the molecule is CC(C)(C)C(=N)P(C(C)(C)C)C(C)(C)C. The number of hydrogen-bond acceptors (Lipinski definition) is 1. The fourth-order valence-electron chi connectivity index (χ4n) is 2.01. The average molecular weight is 229 g/mol. The molecule has 0 fully saturated rings. The number of nitrogens with one attached hydrogen (secondary N) is 1. The van der Waals surface area contributed by atoms with E-state index in [1.54, 1.807) is 0 Å². The van der Waals surface area contributed by atoms with E-state index in [1.165, 1.54) is 0 Å². The van der Waals surface area contributed by atoms with Gasteiger partial charge in [-0.1, -0.05) is 62.3 Å². The standard InChI is InChI=1S/C13H28NP/c1-11(2,3)10(14)15(12(4,5)6)13(7,8)9/h14H,1-9H3. The second-order valence-electron chi connectivity index (χ2n) is 7.28. The molecular weight excluding hydrogens is 201 g/mol. The molecule has 0 aromatic heterocycles. The molecule has 0 saturated heterocycles. The smallest absolute Gasteiger partial charge is 0.0382 e. The minimum absolute atomic E-state index is 0.00621. The van der Waals surface area contributed by atoms with Gasteiger partial charge in [-0.05, 0) is 18.2 Å². The molecule has 0 unspecified atom stereocenters. The molecule has 0 aliphatic carbocycles. The largest absolute Gasteiger partial charge is 0.304 e. The van der Waals surface area contributed by atoms with Crippen LogP contribution in [0.2, 0.25) is 0 Å². The Kier molecular flexibility index (Phi) is 4.19. The number of hydrogen-bond donors (Lipinski definition) is 1. The van der Waals surface area contributed by atoms with Crippen LogP contribution in [0.4, 0.5) is 0 Å². The average Bonchev–Trinajstić information content (AvgIpc) is 1.76. The van der Waals surface area contributed by atoms with Gasteiger partial charge in [-0.3, -0.25) is 0 Å². The van der Waals surface area contributed by atoms with Crippen molar-refractivity contribution in [3.63, 3.8) is 0 Å². The normalized spacial score (nSPS) is 14.5. The van der Waals surface area contributed by atoms with Crippen LogP contribution < -0.4 is 0 Å². The lowest BCUT2D eigenvalue weighted by Gasteiger charge is -2.45. The molecule has 0 rings (SSSR count). The lowest BCUT2D eigenvalue weighted by Crippen LogP contribution is -2.34. The van der Waals surface area contributed by atoms with E-state index in [9.17, 15) is 0 Å². The second-order valence-corrected chi connectivity index (χ2v) is 11.1. The van der Waals surface area contributed by atoms with Gasteiger partial charge in [-0.15, -0.1) is 0 Å². The van der Waals surface area contributed by atoms with Gasteiger partial charge in [0, 0.05) is 10.9 Å². The molecule has 0 aliphatic heterocycles. The van der Waals surface area contributed by atoms with Gasteiger partial charge in [-0.25, -0.2) is 0 Å². The first-order chi connectivity index (χ1) is 6.28. The molecule has 90 valence electrons. The van der Waals surface area contributed by atoms with Crippen molar-refractivity contribution in [1.82, 2.24) is 0 Å². The first kappa shape index (κ1) is 15.1. The summed E-state index contributed by atoms with van der Waals surface area (Å²) >= 11 is 0. The summed E-state index contributed by atoms with van der Waals surface area (Å²) in [5.74, 6) is 0. The van der Waals surface area contributed by atoms with Crippen molar-refractivity contribution >= 4 is 13.4 Å². The molecule has 0 bridgehead atoms. The molecule has 0 spiro atoms. The van der Waals surface area contributed by atoms with Gasteiger partial charge in [0.05, 0.1) is 0 Å². The monoisotopic (exact) mass is 229 g/mol. The Labute approximate surface area is 97.3 Å². The van der Waals surface area contributed by atoms with Crippen LogP contribution in [-0.2, 0) is 0 Å². The van der Waals surface area contributed by atoms with Gasteiger partial charge in [0.15, 0.2) is 0 Å². The topological polar surface area (TPSA) is 23.9 Å². The van der Waals surface area contributed by atoms with E-state index in [0.717, 1.165) is 5.45 Å². The van der Waals surface area contributed by atoms with E-state index in [4.69, 9.17) is 5.41 Å². The molecule has 0 aromatic carbocycles. The third-order valence-electron chi connectivity index (χ3n) is 2.28. The quantitative estimate of drug-likeness (QED) is 0.478. The molecular formula is C13H28NP. The molecule has 0 saturated carbocycles. The Morgan fingerprint density at radius 3 is 1.07 bits per heavy atom. The third kappa shape index (κ3) is 4.23. The van der Waals surface area contributed by atoms with Crippen LogP contribution in [0.5, 0.6) is 0 Å². The van der Waals surface area contributed by atoms with Gasteiger partial charge < -0.3 is 5.41 Å². The van der Waals surface area contributed by atoms with Crippen molar-refractivity contribution in [2.75, 3.05) is 0 Å². The van der Waals surface area contributed by atoms with Crippen molar-refractivity contribution in [1.29, 1.82) is 5.41 Å². The molecule has 0 radical (unpaired) electrons. The molecule has 0 amide bonds. The minimum atomic E-state index is -0.409. The molecule has 1 nitrogen and oxygen atoms in total. The number of rotatable bonds is 1.